The molecule has 2 atom stereocenters. The van der Waals surface area contributed by atoms with Crippen molar-refractivity contribution in [3.8, 4) is 12.3 Å². The number of terminal acetylenes is 1. The van der Waals surface area contributed by atoms with Gasteiger partial charge in [0.25, 0.3) is 0 Å². The molecule has 0 spiro atoms. The molecule has 1 aliphatic carbocycles. The average molecular weight is 360 g/mol. The maximum Gasteiger partial charge on any atom is 0.232 e. The summed E-state index contributed by atoms with van der Waals surface area (Å²) in [7, 11) is 0. The van der Waals surface area contributed by atoms with Crippen LogP contribution in [-0.4, -0.2) is 26.9 Å². The van der Waals surface area contributed by atoms with Crippen molar-refractivity contribution in [3.05, 3.63) is 36.5 Å². The van der Waals surface area contributed by atoms with Crippen LogP contribution in [0.1, 0.15) is 33.1 Å². The summed E-state index contributed by atoms with van der Waals surface area (Å²) in [6.45, 7) is 4.31. The van der Waals surface area contributed by atoms with E-state index in [0.717, 1.165) is 22.9 Å². The molecule has 24 heavy (non-hydrogen) atoms. The molecule has 0 aromatic carbocycles. The normalized spacial score (nSPS) is 22.0. The van der Waals surface area contributed by atoms with Crippen LogP contribution >= 0.6 is 24.0 Å². The summed E-state index contributed by atoms with van der Waals surface area (Å²) in [4.78, 5) is 15.2. The molecule has 0 N–H and O–H groups in total. The first-order valence-corrected chi connectivity index (χ1v) is 9.90. The molecule has 0 bridgehead atoms. The Kier molecular flexibility index (Phi) is 7.33. The molecular weight excluding hydrogens is 334 g/mol. The van der Waals surface area contributed by atoms with Gasteiger partial charge in [0.1, 0.15) is 4.32 Å². The number of allylic oxidation sites excluding steroid dienone is 6. The second-order valence-electron chi connectivity index (χ2n) is 6.53. The molecule has 2 rings (SSSR count). The summed E-state index contributed by atoms with van der Waals surface area (Å²) in [5, 5.41) is 0. The van der Waals surface area contributed by atoms with Crippen molar-refractivity contribution in [2.24, 2.45) is 17.8 Å². The van der Waals surface area contributed by atoms with Gasteiger partial charge in [-0.1, -0.05) is 74.3 Å². The SMILES string of the molecule is C#CCCC[C@@H](C(=O)N1C(=S)SC[C@@H]1C(C)C)C1C=CC=CC=C1. The Morgan fingerprint density at radius 3 is 2.62 bits per heavy atom. The number of thiocarbonyl (C=S) groups is 1. The summed E-state index contributed by atoms with van der Waals surface area (Å²) >= 11 is 7.11. The Hall–Kier alpha value is -1.31. The van der Waals surface area contributed by atoms with E-state index in [2.05, 4.69) is 31.9 Å². The van der Waals surface area contributed by atoms with Crippen LogP contribution in [0.4, 0.5) is 0 Å². The second-order valence-corrected chi connectivity index (χ2v) is 8.19. The van der Waals surface area contributed by atoms with Gasteiger partial charge in [-0.3, -0.25) is 9.69 Å². The molecule has 0 unspecified atom stereocenters. The quantitative estimate of drug-likeness (QED) is 0.393. The Labute approximate surface area is 155 Å². The van der Waals surface area contributed by atoms with Crippen molar-refractivity contribution in [1.82, 2.24) is 4.90 Å². The number of carbonyl (C=O) groups excluding carboxylic acids is 1. The zero-order valence-corrected chi connectivity index (χ0v) is 16.0. The van der Waals surface area contributed by atoms with Crippen LogP contribution in [0.15, 0.2) is 36.5 Å². The molecule has 2 aliphatic rings. The molecule has 0 aromatic heterocycles. The number of carbonyl (C=O) groups is 1. The maximum atomic E-state index is 13.4. The highest BCUT2D eigenvalue weighted by Gasteiger charge is 2.39. The van der Waals surface area contributed by atoms with Gasteiger partial charge in [-0.05, 0) is 18.8 Å². The molecule has 2 nitrogen and oxygen atoms in total. The molecular formula is C20H25NOS2. The monoisotopic (exact) mass is 359 g/mol. The molecule has 1 amide bonds. The van der Waals surface area contributed by atoms with Crippen LogP contribution in [0, 0.1) is 30.1 Å². The lowest BCUT2D eigenvalue weighted by Crippen LogP contribution is -2.46. The van der Waals surface area contributed by atoms with Gasteiger partial charge in [-0.15, -0.1) is 12.3 Å². The molecule has 0 radical (unpaired) electrons. The summed E-state index contributed by atoms with van der Waals surface area (Å²) in [5.41, 5.74) is 0. The van der Waals surface area contributed by atoms with Crippen molar-refractivity contribution in [1.29, 1.82) is 0 Å². The largest absolute Gasteiger partial charge is 0.293 e. The highest BCUT2D eigenvalue weighted by Crippen LogP contribution is 2.34. The summed E-state index contributed by atoms with van der Waals surface area (Å²) in [6.07, 6.45) is 20.0. The Balaban J connectivity index is 2.23. The molecule has 0 aromatic rings. The number of rotatable bonds is 6. The fraction of sp³-hybridized carbons (Fsp3) is 0.500. The highest BCUT2D eigenvalue weighted by atomic mass is 32.2. The minimum atomic E-state index is -0.108. The lowest BCUT2D eigenvalue weighted by Gasteiger charge is -2.32. The van der Waals surface area contributed by atoms with Crippen molar-refractivity contribution in [3.63, 3.8) is 0 Å². The van der Waals surface area contributed by atoms with E-state index in [9.17, 15) is 4.79 Å². The van der Waals surface area contributed by atoms with Gasteiger partial charge in [0.05, 0.1) is 0 Å². The van der Waals surface area contributed by atoms with Crippen molar-refractivity contribution in [2.45, 2.75) is 39.2 Å². The van der Waals surface area contributed by atoms with E-state index in [1.807, 2.05) is 29.2 Å². The van der Waals surface area contributed by atoms with Crippen LogP contribution in [0.2, 0.25) is 0 Å². The Morgan fingerprint density at radius 2 is 2.04 bits per heavy atom. The minimum absolute atomic E-state index is 0.0893. The summed E-state index contributed by atoms with van der Waals surface area (Å²) < 4.78 is 0.723. The predicted octanol–water partition coefficient (Wildman–Crippen LogP) is 4.59. The zero-order chi connectivity index (χ0) is 17.5. The number of nitrogens with zero attached hydrogens (tertiary/aromatic N) is 1. The Morgan fingerprint density at radius 1 is 1.38 bits per heavy atom. The zero-order valence-electron chi connectivity index (χ0n) is 14.4. The van der Waals surface area contributed by atoms with E-state index < -0.39 is 0 Å². The molecule has 0 saturated carbocycles. The van der Waals surface area contributed by atoms with Crippen molar-refractivity contribution < 1.29 is 4.79 Å². The minimum Gasteiger partial charge on any atom is -0.293 e. The van der Waals surface area contributed by atoms with Crippen LogP contribution in [0.5, 0.6) is 0 Å². The van der Waals surface area contributed by atoms with Crippen LogP contribution in [0.25, 0.3) is 0 Å². The molecule has 1 saturated heterocycles. The third-order valence-corrected chi connectivity index (χ3v) is 6.03. The molecule has 4 heteroatoms. The standard InChI is InChI=1S/C20H25NOS2/c1-4-5-8-13-17(16-11-9-6-7-10-12-16)19(22)21-18(15(2)3)14-24-20(21)23/h1,6-7,9-12,15-18H,5,8,13-14H2,2-3H3/t17-,18-/m1/s1. The first-order valence-electron chi connectivity index (χ1n) is 8.51. The van der Waals surface area contributed by atoms with Crippen LogP contribution < -0.4 is 0 Å². The van der Waals surface area contributed by atoms with Crippen molar-refractivity contribution >= 4 is 34.2 Å². The smallest absolute Gasteiger partial charge is 0.232 e. The van der Waals surface area contributed by atoms with E-state index in [-0.39, 0.29) is 23.8 Å². The first-order chi connectivity index (χ1) is 11.6. The molecule has 1 aliphatic heterocycles. The predicted molar refractivity (Wildman–Crippen MR) is 108 cm³/mol. The van der Waals surface area contributed by atoms with Crippen LogP contribution in [0.3, 0.4) is 0 Å². The molecule has 128 valence electrons. The number of hydrogen-bond donors (Lipinski definition) is 0. The number of unbranched alkanes of at least 4 members (excludes halogenated alkanes) is 1. The fourth-order valence-electron chi connectivity index (χ4n) is 3.11. The van der Waals surface area contributed by atoms with Gasteiger partial charge >= 0.3 is 0 Å². The van der Waals surface area contributed by atoms with Gasteiger partial charge < -0.3 is 0 Å². The topological polar surface area (TPSA) is 20.3 Å². The summed E-state index contributed by atoms with van der Waals surface area (Å²) in [6, 6.07) is 0.196. The number of thioether (sulfide) groups is 1. The van der Waals surface area contributed by atoms with Crippen molar-refractivity contribution in [2.75, 3.05) is 5.75 Å². The third-order valence-electron chi connectivity index (χ3n) is 4.53. The number of amides is 1. The highest BCUT2D eigenvalue weighted by molar-refractivity contribution is 8.23. The first kappa shape index (κ1) is 19.0. The van der Waals surface area contributed by atoms with Gasteiger partial charge in [-0.2, -0.15) is 0 Å². The lowest BCUT2D eigenvalue weighted by molar-refractivity contribution is -0.134. The number of hydrogen-bond acceptors (Lipinski definition) is 3. The summed E-state index contributed by atoms with van der Waals surface area (Å²) in [5.74, 6) is 4.11. The van der Waals surface area contributed by atoms with E-state index in [1.54, 1.807) is 11.8 Å². The van der Waals surface area contributed by atoms with Gasteiger partial charge in [0, 0.05) is 30.1 Å². The van der Waals surface area contributed by atoms with Gasteiger partial charge in [0.15, 0.2) is 0 Å². The lowest BCUT2D eigenvalue weighted by atomic mass is 9.85. The van der Waals surface area contributed by atoms with E-state index in [0.29, 0.717) is 12.3 Å². The third kappa shape index (κ3) is 4.62. The fourth-order valence-corrected chi connectivity index (χ4v) is 4.75. The van der Waals surface area contributed by atoms with Gasteiger partial charge in [-0.25, -0.2) is 0 Å². The average Bonchev–Trinajstić information content (AvgIpc) is 2.77. The van der Waals surface area contributed by atoms with E-state index in [1.165, 1.54) is 0 Å². The second kappa shape index (κ2) is 9.25. The van der Waals surface area contributed by atoms with Gasteiger partial charge in [0.2, 0.25) is 5.91 Å². The molecule has 1 fully saturated rings. The molecule has 1 heterocycles. The van der Waals surface area contributed by atoms with E-state index >= 15 is 0 Å². The van der Waals surface area contributed by atoms with Crippen LogP contribution in [-0.2, 0) is 4.79 Å². The maximum absolute atomic E-state index is 13.4. The Bertz CT molecular complexity index is 581. The van der Waals surface area contributed by atoms with E-state index in [4.69, 9.17) is 18.6 Å².